The molecule has 0 aliphatic carbocycles. The Labute approximate surface area is 88.1 Å². The molecule has 2 rings (SSSR count). The fourth-order valence-electron chi connectivity index (χ4n) is 1.42. The van der Waals surface area contributed by atoms with E-state index in [1.54, 1.807) is 12.3 Å². The van der Waals surface area contributed by atoms with Crippen molar-refractivity contribution in [1.29, 1.82) is 0 Å². The first kappa shape index (κ1) is 9.65. The van der Waals surface area contributed by atoms with Crippen molar-refractivity contribution in [3.63, 3.8) is 0 Å². The van der Waals surface area contributed by atoms with E-state index in [0.29, 0.717) is 11.3 Å². The lowest BCUT2D eigenvalue weighted by atomic mass is 10.0. The van der Waals surface area contributed by atoms with Gasteiger partial charge in [0.25, 0.3) is 0 Å². The number of H-pyrrole nitrogens is 1. The first-order valence-electron chi connectivity index (χ1n) is 4.80. The van der Waals surface area contributed by atoms with Crippen molar-refractivity contribution < 1.29 is 4.79 Å². The summed E-state index contributed by atoms with van der Waals surface area (Å²) in [5.74, 6) is -0.0180. The molecule has 0 spiro atoms. The molecule has 0 fully saturated rings. The fourth-order valence-corrected chi connectivity index (χ4v) is 1.42. The molecule has 1 aromatic carbocycles. The molecule has 0 saturated carbocycles. The van der Waals surface area contributed by atoms with Crippen molar-refractivity contribution in [2.24, 2.45) is 0 Å². The number of carbonyl (C=O) groups is 1. The number of aromatic amines is 1. The molecule has 0 unspecified atom stereocenters. The summed E-state index contributed by atoms with van der Waals surface area (Å²) >= 11 is 0. The molecule has 0 bridgehead atoms. The van der Waals surface area contributed by atoms with Gasteiger partial charge >= 0.3 is 0 Å². The first-order valence-corrected chi connectivity index (χ1v) is 4.80. The van der Waals surface area contributed by atoms with E-state index in [0.717, 1.165) is 5.56 Å². The molecule has 1 aromatic heterocycles. The van der Waals surface area contributed by atoms with Gasteiger partial charge < -0.3 is 0 Å². The van der Waals surface area contributed by atoms with Crippen molar-refractivity contribution in [2.75, 3.05) is 0 Å². The number of nitrogens with one attached hydrogen (secondary N) is 1. The van der Waals surface area contributed by atoms with Gasteiger partial charge in [-0.3, -0.25) is 9.89 Å². The molecule has 3 heteroatoms. The number of benzene rings is 1. The van der Waals surface area contributed by atoms with E-state index in [2.05, 4.69) is 10.2 Å². The molecule has 2 aromatic rings. The molecule has 0 atom stereocenters. The quantitative estimate of drug-likeness (QED) is 0.756. The molecule has 3 nitrogen and oxygen atoms in total. The maximum absolute atomic E-state index is 11.9. The van der Waals surface area contributed by atoms with Crippen molar-refractivity contribution in [2.45, 2.75) is 13.8 Å². The largest absolute Gasteiger partial charge is 0.287 e. The standard InChI is InChI=1S/C12H12N2O/c1-8-3-4-10(7-9(8)2)12(15)11-5-6-13-14-11/h3-7H,1-2H3,(H,13,14). The highest BCUT2D eigenvalue weighted by Gasteiger charge is 2.10. The minimum atomic E-state index is -0.0180. The van der Waals surface area contributed by atoms with Gasteiger partial charge in [-0.2, -0.15) is 5.10 Å². The number of nitrogens with zero attached hydrogens (tertiary/aromatic N) is 1. The van der Waals surface area contributed by atoms with Gasteiger partial charge in [0.05, 0.1) is 0 Å². The lowest BCUT2D eigenvalue weighted by Gasteiger charge is -2.02. The van der Waals surface area contributed by atoms with Crippen LogP contribution in [0.15, 0.2) is 30.5 Å². The van der Waals surface area contributed by atoms with Crippen LogP contribution in [-0.2, 0) is 0 Å². The van der Waals surface area contributed by atoms with E-state index < -0.39 is 0 Å². The van der Waals surface area contributed by atoms with Crippen molar-refractivity contribution in [3.05, 3.63) is 52.8 Å². The lowest BCUT2D eigenvalue weighted by molar-refractivity contribution is 0.103. The number of carbonyl (C=O) groups excluding carboxylic acids is 1. The molecule has 0 aliphatic rings. The molecule has 0 aliphatic heterocycles. The molecule has 0 saturated heterocycles. The van der Waals surface area contributed by atoms with Gasteiger partial charge in [-0.25, -0.2) is 0 Å². The Morgan fingerprint density at radius 3 is 2.60 bits per heavy atom. The molecule has 0 amide bonds. The van der Waals surface area contributed by atoms with Crippen LogP contribution < -0.4 is 0 Å². The number of rotatable bonds is 2. The fraction of sp³-hybridized carbons (Fsp3) is 0.167. The number of aryl methyl sites for hydroxylation is 2. The van der Waals surface area contributed by atoms with E-state index >= 15 is 0 Å². The second-order valence-electron chi connectivity index (χ2n) is 3.60. The zero-order chi connectivity index (χ0) is 10.8. The summed E-state index contributed by atoms with van der Waals surface area (Å²) in [4.78, 5) is 11.9. The Balaban J connectivity index is 2.39. The Hall–Kier alpha value is -1.90. The van der Waals surface area contributed by atoms with E-state index in [1.165, 1.54) is 5.56 Å². The van der Waals surface area contributed by atoms with Gasteiger partial charge in [0.2, 0.25) is 5.78 Å². The van der Waals surface area contributed by atoms with Crippen LogP contribution in [0.2, 0.25) is 0 Å². The van der Waals surface area contributed by atoms with E-state index in [9.17, 15) is 4.79 Å². The lowest BCUT2D eigenvalue weighted by Crippen LogP contribution is -2.02. The topological polar surface area (TPSA) is 45.8 Å². The summed E-state index contributed by atoms with van der Waals surface area (Å²) in [6.07, 6.45) is 1.58. The highest BCUT2D eigenvalue weighted by atomic mass is 16.1. The van der Waals surface area contributed by atoms with Gasteiger partial charge in [-0.15, -0.1) is 0 Å². The molecule has 76 valence electrons. The highest BCUT2D eigenvalue weighted by Crippen LogP contribution is 2.12. The maximum Gasteiger partial charge on any atom is 0.210 e. The Bertz CT molecular complexity index is 486. The van der Waals surface area contributed by atoms with Gasteiger partial charge in [0.1, 0.15) is 5.69 Å². The summed E-state index contributed by atoms with van der Waals surface area (Å²) in [5, 5.41) is 6.43. The zero-order valence-electron chi connectivity index (χ0n) is 8.74. The maximum atomic E-state index is 11.9. The number of hydrogen-bond donors (Lipinski definition) is 1. The summed E-state index contributed by atoms with van der Waals surface area (Å²) < 4.78 is 0. The van der Waals surface area contributed by atoms with Crippen LogP contribution in [0.3, 0.4) is 0 Å². The molecular weight excluding hydrogens is 188 g/mol. The third-order valence-corrected chi connectivity index (χ3v) is 2.51. The first-order chi connectivity index (χ1) is 7.18. The monoisotopic (exact) mass is 200 g/mol. The SMILES string of the molecule is Cc1ccc(C(=O)c2ccn[nH]2)cc1C. The predicted octanol–water partition coefficient (Wildman–Crippen LogP) is 2.26. The summed E-state index contributed by atoms with van der Waals surface area (Å²) in [6.45, 7) is 4.03. The minimum Gasteiger partial charge on any atom is -0.287 e. The van der Waals surface area contributed by atoms with E-state index in [1.807, 2.05) is 32.0 Å². The van der Waals surface area contributed by atoms with Crippen LogP contribution in [0.4, 0.5) is 0 Å². The van der Waals surface area contributed by atoms with Crippen LogP contribution in [0.1, 0.15) is 27.2 Å². The molecule has 1 N–H and O–H groups in total. The van der Waals surface area contributed by atoms with Gasteiger partial charge in [0.15, 0.2) is 0 Å². The third kappa shape index (κ3) is 1.81. The Morgan fingerprint density at radius 1 is 1.20 bits per heavy atom. The van der Waals surface area contributed by atoms with Crippen LogP contribution >= 0.6 is 0 Å². The van der Waals surface area contributed by atoms with Gasteiger partial charge in [-0.05, 0) is 37.1 Å². The van der Waals surface area contributed by atoms with Crippen molar-refractivity contribution >= 4 is 5.78 Å². The predicted molar refractivity (Wildman–Crippen MR) is 57.9 cm³/mol. The smallest absolute Gasteiger partial charge is 0.210 e. The molecule has 0 radical (unpaired) electrons. The zero-order valence-corrected chi connectivity index (χ0v) is 8.74. The third-order valence-electron chi connectivity index (χ3n) is 2.51. The van der Waals surface area contributed by atoms with Crippen LogP contribution in [0.25, 0.3) is 0 Å². The van der Waals surface area contributed by atoms with Crippen LogP contribution in [-0.4, -0.2) is 16.0 Å². The Kier molecular flexibility index (Phi) is 2.37. The molecule has 1 heterocycles. The number of ketones is 1. The van der Waals surface area contributed by atoms with Crippen LogP contribution in [0.5, 0.6) is 0 Å². The number of aromatic nitrogens is 2. The average Bonchev–Trinajstić information content (AvgIpc) is 2.74. The second-order valence-corrected chi connectivity index (χ2v) is 3.60. The van der Waals surface area contributed by atoms with Crippen molar-refractivity contribution in [1.82, 2.24) is 10.2 Å². The Morgan fingerprint density at radius 2 is 2.00 bits per heavy atom. The normalized spacial score (nSPS) is 10.3. The summed E-state index contributed by atoms with van der Waals surface area (Å²) in [5.41, 5.74) is 3.54. The molecule has 15 heavy (non-hydrogen) atoms. The summed E-state index contributed by atoms with van der Waals surface area (Å²) in [6, 6.07) is 7.38. The van der Waals surface area contributed by atoms with E-state index in [-0.39, 0.29) is 5.78 Å². The van der Waals surface area contributed by atoms with Gasteiger partial charge in [-0.1, -0.05) is 12.1 Å². The van der Waals surface area contributed by atoms with Crippen LogP contribution in [0, 0.1) is 13.8 Å². The molecular formula is C12H12N2O. The summed E-state index contributed by atoms with van der Waals surface area (Å²) in [7, 11) is 0. The van der Waals surface area contributed by atoms with Gasteiger partial charge in [0, 0.05) is 11.8 Å². The van der Waals surface area contributed by atoms with Crippen molar-refractivity contribution in [3.8, 4) is 0 Å². The minimum absolute atomic E-state index is 0.0180. The number of hydrogen-bond acceptors (Lipinski definition) is 2. The second kappa shape index (κ2) is 3.69. The van der Waals surface area contributed by atoms with E-state index in [4.69, 9.17) is 0 Å². The highest BCUT2D eigenvalue weighted by molar-refractivity contribution is 6.07. The average molecular weight is 200 g/mol.